The molecule has 0 unspecified atom stereocenters. The summed E-state index contributed by atoms with van der Waals surface area (Å²) in [7, 11) is 0. The quantitative estimate of drug-likeness (QED) is 0.367. The maximum absolute atomic E-state index is 10.7. The molecule has 0 atom stereocenters. The van der Waals surface area contributed by atoms with Crippen LogP contribution in [0.1, 0.15) is 20.3 Å². The highest BCUT2D eigenvalue weighted by atomic mass is 27.2. The lowest BCUT2D eigenvalue weighted by molar-refractivity contribution is -0.112. The van der Waals surface area contributed by atoms with Gasteiger partial charge in [0, 0.05) is 11.8 Å². The first-order valence-electron chi connectivity index (χ1n) is 3.94. The zero-order chi connectivity index (χ0) is 8.85. The Labute approximate surface area is 73.0 Å². The lowest BCUT2D eigenvalue weighted by atomic mass is 10.3. The van der Waals surface area contributed by atoms with Crippen molar-refractivity contribution in [2.24, 2.45) is 0 Å². The van der Waals surface area contributed by atoms with Gasteiger partial charge in [-0.1, -0.05) is 6.92 Å². The van der Waals surface area contributed by atoms with E-state index in [4.69, 9.17) is 3.79 Å². The van der Waals surface area contributed by atoms with E-state index < -0.39 is 14.5 Å². The minimum Gasteiger partial charge on any atom is -0.819 e. The monoisotopic (exact) mass is 170 g/mol. The standard InChI is InChI=1S/C6H10O2.2CH3.Al/c1-3-6(8)4-5(2)7;;;/h4,8H,3H2,1-2H3;2*1H3;/p-1. The van der Waals surface area contributed by atoms with Crippen molar-refractivity contribution in [3.8, 4) is 0 Å². The van der Waals surface area contributed by atoms with Crippen molar-refractivity contribution < 1.29 is 8.58 Å². The van der Waals surface area contributed by atoms with Crippen LogP contribution in [0.2, 0.25) is 11.6 Å². The number of allylic oxidation sites excluding steroid dienone is 2. The van der Waals surface area contributed by atoms with Gasteiger partial charge >= 0.3 is 0 Å². The minimum atomic E-state index is -1.03. The highest BCUT2D eigenvalue weighted by Gasteiger charge is 1.94. The molecule has 0 aromatic carbocycles. The van der Waals surface area contributed by atoms with Crippen LogP contribution in [0.15, 0.2) is 11.8 Å². The molecule has 0 aliphatic rings. The van der Waals surface area contributed by atoms with Crippen LogP contribution in [-0.4, -0.2) is 20.3 Å². The molecule has 0 heterocycles. The minimum absolute atomic E-state index is 0.0662. The van der Waals surface area contributed by atoms with Crippen LogP contribution in [0.3, 0.4) is 0 Å². The molecule has 0 amide bonds. The molecule has 0 fully saturated rings. The highest BCUT2D eigenvalue weighted by Crippen LogP contribution is 2.04. The van der Waals surface area contributed by atoms with Gasteiger partial charge in [-0.15, -0.1) is 0 Å². The summed E-state index contributed by atoms with van der Waals surface area (Å²) in [6, 6.07) is 0. The zero-order valence-electron chi connectivity index (χ0n) is 7.68. The molecule has 0 aliphatic heterocycles. The van der Waals surface area contributed by atoms with E-state index in [1.165, 1.54) is 0 Å². The van der Waals surface area contributed by atoms with Crippen molar-refractivity contribution in [2.75, 3.05) is 0 Å². The van der Waals surface area contributed by atoms with Crippen LogP contribution in [0.4, 0.5) is 0 Å². The molecule has 0 aromatic rings. The number of carbonyl (C=O) groups is 1. The Morgan fingerprint density at radius 3 is 2.36 bits per heavy atom. The van der Waals surface area contributed by atoms with E-state index in [0.717, 1.165) is 12.2 Å². The van der Waals surface area contributed by atoms with Gasteiger partial charge in [0.15, 0.2) is 5.78 Å². The Hall–Kier alpha value is -0.258. The molecule has 3 heteroatoms. The van der Waals surface area contributed by atoms with Crippen molar-refractivity contribution in [2.45, 2.75) is 31.8 Å². The first kappa shape index (κ1) is 10.7. The Bertz CT molecular complexity index is 161. The molecular weight excluding hydrogens is 155 g/mol. The van der Waals surface area contributed by atoms with Gasteiger partial charge in [-0.3, -0.25) is 4.79 Å². The summed E-state index contributed by atoms with van der Waals surface area (Å²) in [4.78, 5) is 10.7. The second-order valence-corrected chi connectivity index (χ2v) is 5.07. The third kappa shape index (κ3) is 6.15. The van der Waals surface area contributed by atoms with Gasteiger partial charge in [-0.05, 0) is 13.3 Å². The fourth-order valence-electron chi connectivity index (χ4n) is 0.749. The van der Waals surface area contributed by atoms with Gasteiger partial charge < -0.3 is 3.79 Å². The average molecular weight is 170 g/mol. The molecular formula is C8H15AlO2-. The molecule has 63 valence electrons. The lowest BCUT2D eigenvalue weighted by Gasteiger charge is -2.23. The van der Waals surface area contributed by atoms with Gasteiger partial charge in [-0.25, -0.2) is 0 Å². The molecule has 0 N–H and O–H groups in total. The third-order valence-electron chi connectivity index (χ3n) is 1.10. The molecule has 0 bridgehead atoms. The smallest absolute Gasteiger partial charge is 0.213 e. The number of hydrogen-bond donors (Lipinski definition) is 0. The van der Waals surface area contributed by atoms with Crippen molar-refractivity contribution >= 4 is 20.3 Å². The predicted molar refractivity (Wildman–Crippen MR) is 47.6 cm³/mol. The summed E-state index contributed by atoms with van der Waals surface area (Å²) >= 11 is -1.03. The van der Waals surface area contributed by atoms with Crippen LogP contribution in [0.5, 0.6) is 0 Å². The normalized spacial score (nSPS) is 11.9. The maximum atomic E-state index is 10.7. The van der Waals surface area contributed by atoms with Gasteiger partial charge in [0.2, 0.25) is 14.5 Å². The molecule has 0 saturated heterocycles. The predicted octanol–water partition coefficient (Wildman–Crippen LogP) is 2.14. The Kier molecular flexibility index (Phi) is 5.27. The van der Waals surface area contributed by atoms with Gasteiger partial charge in [-0.2, -0.15) is 11.6 Å². The Morgan fingerprint density at radius 1 is 1.55 bits per heavy atom. The van der Waals surface area contributed by atoms with Crippen LogP contribution >= 0.6 is 0 Å². The molecule has 0 saturated carbocycles. The molecule has 1 radical (unpaired) electrons. The van der Waals surface area contributed by atoms with Crippen LogP contribution < -0.4 is 0 Å². The van der Waals surface area contributed by atoms with E-state index in [-0.39, 0.29) is 5.78 Å². The SMILES string of the molecule is CCC(=CC(C)=O)[O][Al-]([CH3])[CH3]. The molecule has 0 rings (SSSR count). The van der Waals surface area contributed by atoms with E-state index in [9.17, 15) is 4.79 Å². The molecule has 11 heavy (non-hydrogen) atoms. The first-order valence-corrected chi connectivity index (χ1v) is 6.72. The molecule has 0 aliphatic carbocycles. The average Bonchev–Trinajstić information content (AvgIpc) is 1.84. The van der Waals surface area contributed by atoms with Crippen LogP contribution in [0.25, 0.3) is 0 Å². The van der Waals surface area contributed by atoms with Crippen molar-refractivity contribution in [1.82, 2.24) is 0 Å². The molecule has 0 aromatic heterocycles. The molecule has 0 spiro atoms. The van der Waals surface area contributed by atoms with Gasteiger partial charge in [0.05, 0.1) is 0 Å². The van der Waals surface area contributed by atoms with Gasteiger partial charge in [0.1, 0.15) is 0 Å². The summed E-state index contributed by atoms with van der Waals surface area (Å²) < 4.78 is 5.49. The summed E-state index contributed by atoms with van der Waals surface area (Å²) in [5, 5.41) is 0. The van der Waals surface area contributed by atoms with E-state index in [1.807, 2.05) is 6.92 Å². The second kappa shape index (κ2) is 5.40. The van der Waals surface area contributed by atoms with Crippen molar-refractivity contribution in [3.05, 3.63) is 11.8 Å². The van der Waals surface area contributed by atoms with Gasteiger partial charge in [0.25, 0.3) is 0 Å². The summed E-state index contributed by atoms with van der Waals surface area (Å²) in [6.45, 7) is 3.53. The zero-order valence-corrected chi connectivity index (χ0v) is 8.83. The number of hydrogen-bond acceptors (Lipinski definition) is 2. The van der Waals surface area contributed by atoms with E-state index >= 15 is 0 Å². The molecule has 2 nitrogen and oxygen atoms in total. The highest BCUT2D eigenvalue weighted by molar-refractivity contribution is 6.48. The number of rotatable bonds is 4. The van der Waals surface area contributed by atoms with Crippen molar-refractivity contribution in [1.29, 1.82) is 0 Å². The summed E-state index contributed by atoms with van der Waals surface area (Å²) in [6.07, 6.45) is 2.39. The largest absolute Gasteiger partial charge is 0.819 e. The second-order valence-electron chi connectivity index (χ2n) is 2.74. The summed E-state index contributed by atoms with van der Waals surface area (Å²) in [5.41, 5.74) is 0. The lowest BCUT2D eigenvalue weighted by Crippen LogP contribution is -2.07. The summed E-state index contributed by atoms with van der Waals surface area (Å²) in [5.74, 6) is 5.07. The van der Waals surface area contributed by atoms with Crippen LogP contribution in [0, 0.1) is 0 Å². The fraction of sp³-hybridized carbons (Fsp3) is 0.625. The third-order valence-corrected chi connectivity index (χ3v) is 1.87. The van der Waals surface area contributed by atoms with Crippen molar-refractivity contribution in [3.63, 3.8) is 0 Å². The van der Waals surface area contributed by atoms with E-state index in [0.29, 0.717) is 0 Å². The number of carbonyl (C=O) groups excluding carboxylic acids is 1. The maximum Gasteiger partial charge on any atom is 0.213 e. The van der Waals surface area contributed by atoms with Crippen LogP contribution in [-0.2, 0) is 8.58 Å². The number of ketones is 1. The van der Waals surface area contributed by atoms with E-state index in [2.05, 4.69) is 11.6 Å². The topological polar surface area (TPSA) is 26.3 Å². The Balaban J connectivity index is 4.05. The fourth-order valence-corrected chi connectivity index (χ4v) is 1.59. The van der Waals surface area contributed by atoms with E-state index in [1.54, 1.807) is 13.0 Å². The Morgan fingerprint density at radius 2 is 2.09 bits per heavy atom. The first-order chi connectivity index (χ1) is 5.06.